The normalized spacial score (nSPS) is 10.8. The van der Waals surface area contributed by atoms with Crippen LogP contribution in [-0.2, 0) is 6.54 Å². The van der Waals surface area contributed by atoms with E-state index in [-0.39, 0.29) is 11.4 Å². The van der Waals surface area contributed by atoms with Crippen molar-refractivity contribution in [1.29, 1.82) is 0 Å². The molecule has 0 atom stereocenters. The molecule has 1 N–H and O–H groups in total. The van der Waals surface area contributed by atoms with Gasteiger partial charge in [-0.05, 0) is 30.7 Å². The van der Waals surface area contributed by atoms with Gasteiger partial charge in [-0.3, -0.25) is 10.1 Å². The second-order valence-electron chi connectivity index (χ2n) is 5.69. The molecule has 0 amide bonds. The molecule has 0 aliphatic heterocycles. The molecule has 1 aromatic heterocycles. The Balaban J connectivity index is 2.05. The molecule has 128 valence electrons. The second kappa shape index (κ2) is 7.12. The van der Waals surface area contributed by atoms with Crippen LogP contribution in [-0.4, -0.2) is 24.8 Å². The lowest BCUT2D eigenvalue weighted by Gasteiger charge is -2.04. The quantitative estimate of drug-likeness (QED) is 0.541. The van der Waals surface area contributed by atoms with Crippen LogP contribution in [0.25, 0.3) is 22.8 Å². The number of benzene rings is 2. The number of nitro groups is 1. The summed E-state index contributed by atoms with van der Waals surface area (Å²) in [4.78, 5) is 15.1. The molecule has 25 heavy (non-hydrogen) atoms. The van der Waals surface area contributed by atoms with Gasteiger partial charge in [-0.25, -0.2) is 9.67 Å². The summed E-state index contributed by atoms with van der Waals surface area (Å²) >= 11 is 0. The first-order chi connectivity index (χ1) is 12.1. The van der Waals surface area contributed by atoms with Gasteiger partial charge in [0.05, 0.1) is 4.92 Å². The fraction of sp³-hybridized carbons (Fsp3) is 0.222. The number of aryl methyl sites for hydroxylation is 1. The number of non-ortho nitro benzene ring substituents is 1. The van der Waals surface area contributed by atoms with Crippen molar-refractivity contribution in [3.05, 3.63) is 58.6 Å². The zero-order valence-corrected chi connectivity index (χ0v) is 13.8. The SMILES string of the molecule is CCCCn1nc(-c2cccc([N+](=O)[O-])c2)nc1-c1ccc(O)cc1. The standard InChI is InChI=1S/C18H18N4O3/c1-2-3-11-21-18(13-7-9-16(23)10-8-13)19-17(20-21)14-5-4-6-15(12-14)22(24)25/h4-10,12,23H,2-3,11H2,1H3. The summed E-state index contributed by atoms with van der Waals surface area (Å²) in [5.41, 5.74) is 1.44. The Bertz CT molecular complexity index is 888. The number of phenols is 1. The number of hydrogen-bond donors (Lipinski definition) is 1. The molecule has 3 rings (SSSR count). The zero-order valence-electron chi connectivity index (χ0n) is 13.8. The van der Waals surface area contributed by atoms with E-state index < -0.39 is 4.92 Å². The molecule has 7 heteroatoms. The van der Waals surface area contributed by atoms with Crippen LogP contribution < -0.4 is 0 Å². The van der Waals surface area contributed by atoms with Gasteiger partial charge in [-0.2, -0.15) is 5.10 Å². The monoisotopic (exact) mass is 338 g/mol. The van der Waals surface area contributed by atoms with Gasteiger partial charge in [-0.15, -0.1) is 0 Å². The number of nitrogens with zero attached hydrogens (tertiary/aromatic N) is 4. The number of unbranched alkanes of at least 4 members (excludes halogenated alkanes) is 1. The maximum absolute atomic E-state index is 11.0. The summed E-state index contributed by atoms with van der Waals surface area (Å²) in [7, 11) is 0. The van der Waals surface area contributed by atoms with Crippen LogP contribution >= 0.6 is 0 Å². The molecule has 0 radical (unpaired) electrons. The van der Waals surface area contributed by atoms with E-state index in [1.165, 1.54) is 12.1 Å². The molecule has 0 aliphatic rings. The Kier molecular flexibility index (Phi) is 4.74. The molecule has 0 unspecified atom stereocenters. The molecule has 3 aromatic rings. The summed E-state index contributed by atoms with van der Waals surface area (Å²) in [6.45, 7) is 2.80. The Morgan fingerprint density at radius 2 is 1.92 bits per heavy atom. The van der Waals surface area contributed by atoms with Crippen LogP contribution in [0.4, 0.5) is 5.69 Å². The van der Waals surface area contributed by atoms with Crippen molar-refractivity contribution < 1.29 is 10.0 Å². The predicted molar refractivity (Wildman–Crippen MR) is 94.1 cm³/mol. The third kappa shape index (κ3) is 3.65. The predicted octanol–water partition coefficient (Wildman–Crippen LogP) is 4.03. The van der Waals surface area contributed by atoms with Crippen molar-refractivity contribution >= 4 is 5.69 Å². The molecule has 7 nitrogen and oxygen atoms in total. The van der Waals surface area contributed by atoms with Gasteiger partial charge in [0.2, 0.25) is 0 Å². The number of rotatable bonds is 6. The first-order valence-corrected chi connectivity index (χ1v) is 8.07. The molecule has 0 aliphatic carbocycles. The lowest BCUT2D eigenvalue weighted by Crippen LogP contribution is -2.02. The summed E-state index contributed by atoms with van der Waals surface area (Å²) < 4.78 is 1.81. The summed E-state index contributed by atoms with van der Waals surface area (Å²) in [6.07, 6.45) is 1.96. The van der Waals surface area contributed by atoms with E-state index in [0.717, 1.165) is 18.4 Å². The van der Waals surface area contributed by atoms with Crippen LogP contribution in [0.2, 0.25) is 0 Å². The Morgan fingerprint density at radius 3 is 2.60 bits per heavy atom. The summed E-state index contributed by atoms with van der Waals surface area (Å²) in [5, 5.41) is 25.0. The molecule has 0 bridgehead atoms. The van der Waals surface area contributed by atoms with Crippen LogP contribution in [0, 0.1) is 10.1 Å². The zero-order chi connectivity index (χ0) is 17.8. The molecule has 0 spiro atoms. The maximum atomic E-state index is 11.0. The van der Waals surface area contributed by atoms with Crippen molar-refractivity contribution in [3.63, 3.8) is 0 Å². The van der Waals surface area contributed by atoms with Gasteiger partial charge in [0.25, 0.3) is 5.69 Å². The van der Waals surface area contributed by atoms with Gasteiger partial charge in [-0.1, -0.05) is 25.5 Å². The third-order valence-corrected chi connectivity index (χ3v) is 3.84. The van der Waals surface area contributed by atoms with E-state index in [9.17, 15) is 15.2 Å². The molecule has 2 aromatic carbocycles. The van der Waals surface area contributed by atoms with Crippen molar-refractivity contribution in [2.75, 3.05) is 0 Å². The average molecular weight is 338 g/mol. The number of phenolic OH excluding ortho intramolecular Hbond substituents is 1. The highest BCUT2D eigenvalue weighted by Gasteiger charge is 2.15. The highest BCUT2D eigenvalue weighted by molar-refractivity contribution is 5.64. The summed E-state index contributed by atoms with van der Waals surface area (Å²) in [5.74, 6) is 1.31. The number of aromatic hydroxyl groups is 1. The number of nitro benzene ring substituents is 1. The molecule has 0 saturated heterocycles. The lowest BCUT2D eigenvalue weighted by atomic mass is 10.2. The van der Waals surface area contributed by atoms with Gasteiger partial charge >= 0.3 is 0 Å². The Morgan fingerprint density at radius 1 is 1.16 bits per heavy atom. The fourth-order valence-electron chi connectivity index (χ4n) is 2.51. The largest absolute Gasteiger partial charge is 0.508 e. The van der Waals surface area contributed by atoms with E-state index in [2.05, 4.69) is 17.0 Å². The van der Waals surface area contributed by atoms with E-state index in [0.29, 0.717) is 23.8 Å². The molecule has 1 heterocycles. The smallest absolute Gasteiger partial charge is 0.270 e. The van der Waals surface area contributed by atoms with Gasteiger partial charge in [0.1, 0.15) is 5.75 Å². The number of aromatic nitrogens is 3. The first-order valence-electron chi connectivity index (χ1n) is 8.07. The fourth-order valence-corrected chi connectivity index (χ4v) is 2.51. The molecule has 0 fully saturated rings. The highest BCUT2D eigenvalue weighted by Crippen LogP contribution is 2.26. The van der Waals surface area contributed by atoms with E-state index in [1.807, 2.05) is 4.68 Å². The van der Waals surface area contributed by atoms with Gasteiger partial charge in [0, 0.05) is 29.8 Å². The van der Waals surface area contributed by atoms with E-state index in [4.69, 9.17) is 0 Å². The minimum atomic E-state index is -0.432. The molecular formula is C18H18N4O3. The molecular weight excluding hydrogens is 320 g/mol. The van der Waals surface area contributed by atoms with Crippen molar-refractivity contribution in [3.8, 4) is 28.5 Å². The Hall–Kier alpha value is -3.22. The lowest BCUT2D eigenvalue weighted by molar-refractivity contribution is -0.384. The minimum Gasteiger partial charge on any atom is -0.508 e. The molecule has 0 saturated carbocycles. The van der Waals surface area contributed by atoms with Crippen LogP contribution in [0.15, 0.2) is 48.5 Å². The van der Waals surface area contributed by atoms with Crippen LogP contribution in [0.5, 0.6) is 5.75 Å². The average Bonchev–Trinajstić information content (AvgIpc) is 3.05. The number of hydrogen-bond acceptors (Lipinski definition) is 5. The van der Waals surface area contributed by atoms with E-state index in [1.54, 1.807) is 36.4 Å². The second-order valence-corrected chi connectivity index (χ2v) is 5.69. The Labute approximate surface area is 144 Å². The van der Waals surface area contributed by atoms with Crippen molar-refractivity contribution in [1.82, 2.24) is 14.8 Å². The topological polar surface area (TPSA) is 94.1 Å². The van der Waals surface area contributed by atoms with Crippen LogP contribution in [0.1, 0.15) is 19.8 Å². The van der Waals surface area contributed by atoms with Gasteiger partial charge in [0.15, 0.2) is 11.6 Å². The maximum Gasteiger partial charge on any atom is 0.270 e. The minimum absolute atomic E-state index is 0.00796. The van der Waals surface area contributed by atoms with Crippen molar-refractivity contribution in [2.45, 2.75) is 26.3 Å². The van der Waals surface area contributed by atoms with Crippen LogP contribution in [0.3, 0.4) is 0 Å². The third-order valence-electron chi connectivity index (χ3n) is 3.84. The highest BCUT2D eigenvalue weighted by atomic mass is 16.6. The summed E-state index contributed by atoms with van der Waals surface area (Å²) in [6, 6.07) is 13.0. The van der Waals surface area contributed by atoms with Gasteiger partial charge < -0.3 is 5.11 Å². The first kappa shape index (κ1) is 16.6. The van der Waals surface area contributed by atoms with E-state index >= 15 is 0 Å². The van der Waals surface area contributed by atoms with Crippen molar-refractivity contribution in [2.24, 2.45) is 0 Å².